The van der Waals surface area contributed by atoms with E-state index in [1.165, 1.54) is 0 Å². The summed E-state index contributed by atoms with van der Waals surface area (Å²) in [5.41, 5.74) is 0. The molecule has 0 aliphatic heterocycles. The fourth-order valence-electron chi connectivity index (χ4n) is 1.84. The van der Waals surface area contributed by atoms with Crippen LogP contribution in [0.25, 0.3) is 0 Å². The van der Waals surface area contributed by atoms with Gasteiger partial charge in [0.15, 0.2) is 11.9 Å². The van der Waals surface area contributed by atoms with Gasteiger partial charge in [-0.3, -0.25) is 4.79 Å². The van der Waals surface area contributed by atoms with Gasteiger partial charge < -0.3 is 14.6 Å². The quantitative estimate of drug-likeness (QED) is 0.876. The fourth-order valence-corrected chi connectivity index (χ4v) is 2.35. The number of aryl methyl sites for hydroxylation is 1. The average Bonchev–Trinajstić information content (AvgIpc) is 2.90. The Hall–Kier alpha value is -1.79. The van der Waals surface area contributed by atoms with Crippen LogP contribution in [0.2, 0.25) is 10.0 Å². The fraction of sp³-hybridized carbons (Fsp3) is 0.357. The molecular weight excluding hydrogens is 327 g/mol. The molecule has 6 nitrogen and oxygen atoms in total. The van der Waals surface area contributed by atoms with Crippen molar-refractivity contribution in [2.24, 2.45) is 0 Å². The zero-order valence-corrected chi connectivity index (χ0v) is 13.7. The molecule has 0 aliphatic rings. The van der Waals surface area contributed by atoms with Gasteiger partial charge in [-0.05, 0) is 32.0 Å². The van der Waals surface area contributed by atoms with Gasteiger partial charge in [0.2, 0.25) is 0 Å². The Morgan fingerprint density at radius 1 is 1.36 bits per heavy atom. The molecule has 2 rings (SSSR count). The highest BCUT2D eigenvalue weighted by Gasteiger charge is 2.16. The molecule has 22 heavy (non-hydrogen) atoms. The summed E-state index contributed by atoms with van der Waals surface area (Å²) in [6, 6.07) is 4.80. The highest BCUT2D eigenvalue weighted by Crippen LogP contribution is 2.24. The van der Waals surface area contributed by atoms with Crippen LogP contribution in [0.1, 0.15) is 19.7 Å². The number of halogens is 2. The first-order chi connectivity index (χ1) is 10.5. The highest BCUT2D eigenvalue weighted by molar-refractivity contribution is 6.34. The van der Waals surface area contributed by atoms with Crippen LogP contribution in [0.4, 0.5) is 0 Å². The minimum absolute atomic E-state index is 0.262. The zero-order valence-electron chi connectivity index (χ0n) is 12.2. The van der Waals surface area contributed by atoms with Gasteiger partial charge in [0.05, 0.1) is 6.54 Å². The lowest BCUT2D eigenvalue weighted by molar-refractivity contribution is -0.127. The Balaban J connectivity index is 1.92. The molecule has 1 aromatic carbocycles. The third-order valence-corrected chi connectivity index (χ3v) is 3.41. The molecule has 1 N–H and O–H groups in total. The third kappa shape index (κ3) is 4.35. The Bertz CT molecular complexity index is 640. The van der Waals surface area contributed by atoms with E-state index in [0.29, 0.717) is 21.6 Å². The first-order valence-electron chi connectivity index (χ1n) is 6.76. The maximum absolute atomic E-state index is 12.1. The smallest absolute Gasteiger partial charge is 0.261 e. The first kappa shape index (κ1) is 16.6. The molecule has 2 aromatic rings. The van der Waals surface area contributed by atoms with Crippen molar-refractivity contribution in [2.45, 2.75) is 33.0 Å². The average molecular weight is 343 g/mol. The lowest BCUT2D eigenvalue weighted by Gasteiger charge is -2.15. The van der Waals surface area contributed by atoms with Gasteiger partial charge in [0, 0.05) is 16.6 Å². The van der Waals surface area contributed by atoms with Crippen LogP contribution in [0.3, 0.4) is 0 Å². The largest absolute Gasteiger partial charge is 0.481 e. The molecule has 118 valence electrons. The number of hydrogen-bond acceptors (Lipinski definition) is 4. The Kier molecular flexibility index (Phi) is 5.63. The van der Waals surface area contributed by atoms with Crippen molar-refractivity contribution in [2.75, 3.05) is 0 Å². The molecule has 1 amide bonds. The summed E-state index contributed by atoms with van der Waals surface area (Å²) in [4.78, 5) is 12.1. The van der Waals surface area contributed by atoms with Crippen LogP contribution in [0.5, 0.6) is 5.75 Å². The number of amides is 1. The van der Waals surface area contributed by atoms with Gasteiger partial charge in [-0.25, -0.2) is 0 Å². The van der Waals surface area contributed by atoms with E-state index in [2.05, 4.69) is 15.5 Å². The zero-order chi connectivity index (χ0) is 16.1. The molecule has 0 saturated heterocycles. The monoisotopic (exact) mass is 342 g/mol. The normalized spacial score (nSPS) is 12.0. The van der Waals surface area contributed by atoms with Crippen molar-refractivity contribution in [1.82, 2.24) is 20.1 Å². The van der Waals surface area contributed by atoms with Crippen molar-refractivity contribution >= 4 is 29.1 Å². The molecule has 0 fully saturated rings. The van der Waals surface area contributed by atoms with E-state index in [-0.39, 0.29) is 12.5 Å². The summed E-state index contributed by atoms with van der Waals surface area (Å²) >= 11 is 11.8. The second-order valence-corrected chi connectivity index (χ2v) is 5.49. The van der Waals surface area contributed by atoms with Crippen molar-refractivity contribution in [3.8, 4) is 5.75 Å². The summed E-state index contributed by atoms with van der Waals surface area (Å²) in [5, 5.41) is 11.4. The van der Waals surface area contributed by atoms with Gasteiger partial charge in [0.1, 0.15) is 12.1 Å². The number of hydrogen-bond donors (Lipinski definition) is 1. The van der Waals surface area contributed by atoms with Crippen LogP contribution in [-0.4, -0.2) is 26.8 Å². The van der Waals surface area contributed by atoms with Gasteiger partial charge in [0.25, 0.3) is 5.91 Å². The molecule has 0 saturated carbocycles. The van der Waals surface area contributed by atoms with E-state index in [4.69, 9.17) is 27.9 Å². The van der Waals surface area contributed by atoms with E-state index in [0.717, 1.165) is 6.54 Å². The topological polar surface area (TPSA) is 69.0 Å². The Labute approximate surface area is 138 Å². The van der Waals surface area contributed by atoms with E-state index in [1.807, 2.05) is 11.5 Å². The maximum atomic E-state index is 12.1. The minimum atomic E-state index is -0.687. The van der Waals surface area contributed by atoms with E-state index in [1.54, 1.807) is 31.5 Å². The number of carbonyl (C=O) groups excluding carboxylic acids is 1. The number of ether oxygens (including phenoxy) is 1. The molecule has 0 aliphatic carbocycles. The molecule has 0 unspecified atom stereocenters. The Morgan fingerprint density at radius 2 is 2.05 bits per heavy atom. The van der Waals surface area contributed by atoms with Gasteiger partial charge in [-0.1, -0.05) is 23.2 Å². The second-order valence-electron chi connectivity index (χ2n) is 4.62. The first-order valence-corrected chi connectivity index (χ1v) is 7.52. The predicted molar refractivity (Wildman–Crippen MR) is 84.1 cm³/mol. The third-order valence-electron chi connectivity index (χ3n) is 2.98. The summed E-state index contributed by atoms with van der Waals surface area (Å²) in [7, 11) is 0. The summed E-state index contributed by atoms with van der Waals surface area (Å²) in [6.45, 7) is 4.65. The summed E-state index contributed by atoms with van der Waals surface area (Å²) in [6.07, 6.45) is 0.933. The maximum Gasteiger partial charge on any atom is 0.261 e. The SMILES string of the molecule is CCn1cnnc1CNC(=O)[C@@H](C)Oc1cc(Cl)cc(Cl)c1. The molecule has 1 atom stereocenters. The molecule has 0 radical (unpaired) electrons. The van der Waals surface area contributed by atoms with Crippen molar-refractivity contribution < 1.29 is 9.53 Å². The van der Waals surface area contributed by atoms with E-state index >= 15 is 0 Å². The van der Waals surface area contributed by atoms with Crippen LogP contribution >= 0.6 is 23.2 Å². The molecule has 1 heterocycles. The second kappa shape index (κ2) is 7.47. The van der Waals surface area contributed by atoms with Crippen LogP contribution < -0.4 is 10.1 Å². The summed E-state index contributed by atoms with van der Waals surface area (Å²) in [5.74, 6) is 0.868. The number of benzene rings is 1. The van der Waals surface area contributed by atoms with Crippen LogP contribution in [-0.2, 0) is 17.9 Å². The number of nitrogens with one attached hydrogen (secondary N) is 1. The lowest BCUT2D eigenvalue weighted by atomic mass is 10.3. The van der Waals surface area contributed by atoms with Crippen LogP contribution in [0, 0.1) is 0 Å². The van der Waals surface area contributed by atoms with Crippen molar-refractivity contribution in [3.05, 3.63) is 40.4 Å². The highest BCUT2D eigenvalue weighted by atomic mass is 35.5. The molecule has 1 aromatic heterocycles. The van der Waals surface area contributed by atoms with Gasteiger partial charge in [-0.15, -0.1) is 10.2 Å². The van der Waals surface area contributed by atoms with Gasteiger partial charge in [-0.2, -0.15) is 0 Å². The minimum Gasteiger partial charge on any atom is -0.481 e. The van der Waals surface area contributed by atoms with Crippen molar-refractivity contribution in [1.29, 1.82) is 0 Å². The predicted octanol–water partition coefficient (Wildman–Crippen LogP) is 2.69. The molecular formula is C14H16Cl2N4O2. The summed E-state index contributed by atoms with van der Waals surface area (Å²) < 4.78 is 7.39. The number of nitrogens with zero attached hydrogens (tertiary/aromatic N) is 3. The van der Waals surface area contributed by atoms with Crippen molar-refractivity contribution in [3.63, 3.8) is 0 Å². The lowest BCUT2D eigenvalue weighted by Crippen LogP contribution is -2.36. The number of aromatic nitrogens is 3. The van der Waals surface area contributed by atoms with Gasteiger partial charge >= 0.3 is 0 Å². The molecule has 0 bridgehead atoms. The number of rotatable bonds is 6. The number of carbonyl (C=O) groups is 1. The Morgan fingerprint density at radius 3 is 2.68 bits per heavy atom. The molecule has 8 heteroatoms. The van der Waals surface area contributed by atoms with E-state index < -0.39 is 6.10 Å². The van der Waals surface area contributed by atoms with Crippen LogP contribution in [0.15, 0.2) is 24.5 Å². The molecule has 0 spiro atoms. The van der Waals surface area contributed by atoms with E-state index in [9.17, 15) is 4.79 Å². The standard InChI is InChI=1S/C14H16Cl2N4O2/c1-3-20-8-18-19-13(20)7-17-14(21)9(2)22-12-5-10(15)4-11(16)6-12/h4-6,8-9H,3,7H2,1-2H3,(H,17,21)/t9-/m1/s1.